The van der Waals surface area contributed by atoms with Crippen molar-refractivity contribution in [1.29, 1.82) is 0 Å². The van der Waals surface area contributed by atoms with E-state index in [0.717, 1.165) is 0 Å². The highest BCUT2D eigenvalue weighted by Crippen LogP contribution is 2.30. The third-order valence-electron chi connectivity index (χ3n) is 3.58. The van der Waals surface area contributed by atoms with Gasteiger partial charge in [-0.25, -0.2) is 4.98 Å². The normalized spacial score (nSPS) is 11.7. The van der Waals surface area contributed by atoms with Crippen molar-refractivity contribution < 1.29 is 22.4 Å². The van der Waals surface area contributed by atoms with Gasteiger partial charge in [0.2, 0.25) is 5.89 Å². The highest BCUT2D eigenvalue weighted by atomic mass is 35.5. The molecule has 4 nitrogen and oxygen atoms in total. The Morgan fingerprint density at radius 1 is 1.20 bits per heavy atom. The lowest BCUT2D eigenvalue weighted by atomic mass is 10.2. The lowest BCUT2D eigenvalue weighted by Gasteiger charge is -2.21. The highest BCUT2D eigenvalue weighted by Gasteiger charge is 2.42. The van der Waals surface area contributed by atoms with Gasteiger partial charge in [-0.2, -0.15) is 13.2 Å². The monoisotopic (exact) mass is 368 g/mol. The summed E-state index contributed by atoms with van der Waals surface area (Å²) in [5.41, 5.74) is 1.55. The fraction of sp³-hybridized carbons (Fsp3) is 0.176. The van der Waals surface area contributed by atoms with Crippen molar-refractivity contribution in [3.63, 3.8) is 0 Å². The number of carbonyl (C=O) groups is 1. The molecule has 0 aliphatic rings. The minimum absolute atomic E-state index is 0.105. The molecular weight excluding hydrogens is 357 g/mol. The Labute approximate surface area is 145 Å². The van der Waals surface area contributed by atoms with E-state index < -0.39 is 12.1 Å². The average Bonchev–Trinajstić information content (AvgIpc) is 2.98. The zero-order valence-corrected chi connectivity index (χ0v) is 13.7. The van der Waals surface area contributed by atoms with Gasteiger partial charge in [0, 0.05) is 22.8 Å². The van der Waals surface area contributed by atoms with Crippen LogP contribution in [0.1, 0.15) is 6.92 Å². The summed E-state index contributed by atoms with van der Waals surface area (Å²) < 4.78 is 43.7. The van der Waals surface area contributed by atoms with Crippen LogP contribution < -0.4 is 4.90 Å². The van der Waals surface area contributed by atoms with Gasteiger partial charge < -0.3 is 9.32 Å². The summed E-state index contributed by atoms with van der Waals surface area (Å²) >= 11 is 5.84. The van der Waals surface area contributed by atoms with E-state index in [-0.39, 0.29) is 12.2 Å². The molecule has 0 spiro atoms. The van der Waals surface area contributed by atoms with Crippen molar-refractivity contribution in [1.82, 2.24) is 4.98 Å². The van der Waals surface area contributed by atoms with Crippen LogP contribution >= 0.6 is 11.6 Å². The molecule has 1 aromatic heterocycles. The summed E-state index contributed by atoms with van der Waals surface area (Å²) in [6.45, 7) is 1.35. The van der Waals surface area contributed by atoms with E-state index >= 15 is 0 Å². The number of hydrogen-bond donors (Lipinski definition) is 0. The zero-order valence-electron chi connectivity index (χ0n) is 13.0. The van der Waals surface area contributed by atoms with Crippen LogP contribution in [-0.2, 0) is 4.79 Å². The standard InChI is InChI=1S/C17H12ClF3N2O2/c1-2-23(16(24)17(19,20)21)12-7-8-14-13(9-12)22-15(25-14)10-3-5-11(18)6-4-10/h3-9H,2H2,1H3. The van der Waals surface area contributed by atoms with Crippen molar-refractivity contribution in [2.24, 2.45) is 0 Å². The molecule has 1 amide bonds. The van der Waals surface area contributed by atoms with Gasteiger partial charge in [-0.05, 0) is 49.4 Å². The first-order valence-electron chi connectivity index (χ1n) is 7.35. The molecule has 1 heterocycles. The number of hydrogen-bond acceptors (Lipinski definition) is 3. The molecule has 0 atom stereocenters. The molecule has 0 saturated carbocycles. The number of aromatic nitrogens is 1. The SMILES string of the molecule is CCN(C(=O)C(F)(F)F)c1ccc2oc(-c3ccc(Cl)cc3)nc2c1. The van der Waals surface area contributed by atoms with Gasteiger partial charge >= 0.3 is 12.1 Å². The molecule has 0 N–H and O–H groups in total. The number of nitrogens with zero attached hydrogens (tertiary/aromatic N) is 2. The fourth-order valence-corrected chi connectivity index (χ4v) is 2.52. The summed E-state index contributed by atoms with van der Waals surface area (Å²) in [5.74, 6) is -1.61. The molecule has 0 bridgehead atoms. The molecular formula is C17H12ClF3N2O2. The molecule has 8 heteroatoms. The second-order valence-corrected chi connectivity index (χ2v) is 5.66. The summed E-state index contributed by atoms with van der Waals surface area (Å²) in [7, 11) is 0. The molecule has 0 fully saturated rings. The van der Waals surface area contributed by atoms with Gasteiger partial charge in [-0.1, -0.05) is 11.6 Å². The van der Waals surface area contributed by atoms with E-state index in [1.807, 2.05) is 0 Å². The van der Waals surface area contributed by atoms with Crippen LogP contribution in [0.5, 0.6) is 0 Å². The molecule has 2 aromatic carbocycles. The summed E-state index contributed by atoms with van der Waals surface area (Å²) in [5, 5.41) is 0.561. The average molecular weight is 369 g/mol. The number of amides is 1. The summed E-state index contributed by atoms with van der Waals surface area (Å²) in [4.78, 5) is 16.5. The minimum atomic E-state index is -4.94. The van der Waals surface area contributed by atoms with E-state index in [1.165, 1.54) is 25.1 Å². The van der Waals surface area contributed by atoms with E-state index in [1.54, 1.807) is 24.3 Å². The molecule has 0 saturated heterocycles. The molecule has 0 unspecified atom stereocenters. The Kier molecular flexibility index (Phi) is 4.43. The van der Waals surface area contributed by atoms with E-state index in [4.69, 9.17) is 16.0 Å². The third-order valence-corrected chi connectivity index (χ3v) is 3.83. The smallest absolute Gasteiger partial charge is 0.436 e. The van der Waals surface area contributed by atoms with Crippen LogP contribution in [0.4, 0.5) is 18.9 Å². The molecule has 25 heavy (non-hydrogen) atoms. The number of oxazole rings is 1. The number of alkyl halides is 3. The van der Waals surface area contributed by atoms with Gasteiger partial charge in [-0.15, -0.1) is 0 Å². The maximum absolute atomic E-state index is 12.7. The van der Waals surface area contributed by atoms with Crippen molar-refractivity contribution in [3.05, 3.63) is 47.5 Å². The first-order chi connectivity index (χ1) is 11.8. The highest BCUT2D eigenvalue weighted by molar-refractivity contribution is 6.30. The zero-order chi connectivity index (χ0) is 18.2. The van der Waals surface area contributed by atoms with Crippen LogP contribution in [-0.4, -0.2) is 23.6 Å². The quantitative estimate of drug-likeness (QED) is 0.649. The topological polar surface area (TPSA) is 46.3 Å². The van der Waals surface area contributed by atoms with Crippen molar-refractivity contribution in [2.75, 3.05) is 11.4 Å². The lowest BCUT2D eigenvalue weighted by molar-refractivity contribution is -0.170. The second kappa shape index (κ2) is 6.40. The van der Waals surface area contributed by atoms with Crippen molar-refractivity contribution in [3.8, 4) is 11.5 Å². The van der Waals surface area contributed by atoms with Crippen LogP contribution in [0.2, 0.25) is 5.02 Å². The van der Waals surface area contributed by atoms with Crippen molar-refractivity contribution in [2.45, 2.75) is 13.1 Å². The van der Waals surface area contributed by atoms with Gasteiger partial charge in [-0.3, -0.25) is 4.79 Å². The molecule has 0 radical (unpaired) electrons. The van der Waals surface area contributed by atoms with E-state index in [9.17, 15) is 18.0 Å². The van der Waals surface area contributed by atoms with Gasteiger partial charge in [0.25, 0.3) is 0 Å². The van der Waals surface area contributed by atoms with Crippen LogP contribution in [0.15, 0.2) is 46.9 Å². The molecule has 130 valence electrons. The maximum atomic E-state index is 12.7. The Morgan fingerprint density at radius 3 is 2.48 bits per heavy atom. The van der Waals surface area contributed by atoms with Crippen LogP contribution in [0.3, 0.4) is 0 Å². The number of halogens is 4. The minimum Gasteiger partial charge on any atom is -0.436 e. The van der Waals surface area contributed by atoms with Gasteiger partial charge in [0.1, 0.15) is 5.52 Å². The van der Waals surface area contributed by atoms with Crippen LogP contribution in [0.25, 0.3) is 22.6 Å². The molecule has 0 aliphatic heterocycles. The Balaban J connectivity index is 2.00. The maximum Gasteiger partial charge on any atom is 0.471 e. The third kappa shape index (κ3) is 3.46. The Bertz CT molecular complexity index is 920. The number of anilines is 1. The van der Waals surface area contributed by atoms with Crippen molar-refractivity contribution >= 4 is 34.3 Å². The molecule has 3 aromatic rings. The summed E-state index contributed by atoms with van der Waals surface area (Å²) in [6, 6.07) is 11.1. The van der Waals surface area contributed by atoms with Gasteiger partial charge in [0.05, 0.1) is 0 Å². The number of rotatable bonds is 3. The second-order valence-electron chi connectivity index (χ2n) is 5.23. The Hall–Kier alpha value is -2.54. The fourth-order valence-electron chi connectivity index (χ4n) is 2.40. The Morgan fingerprint density at radius 2 is 1.88 bits per heavy atom. The van der Waals surface area contributed by atoms with E-state index in [2.05, 4.69) is 4.98 Å². The van der Waals surface area contributed by atoms with Crippen LogP contribution in [0, 0.1) is 0 Å². The molecule has 3 rings (SSSR count). The number of carbonyl (C=O) groups excluding carboxylic acids is 1. The first-order valence-corrected chi connectivity index (χ1v) is 7.72. The lowest BCUT2D eigenvalue weighted by Crippen LogP contribution is -2.41. The largest absolute Gasteiger partial charge is 0.471 e. The number of benzene rings is 2. The molecule has 0 aliphatic carbocycles. The number of fused-ring (bicyclic) bond motifs is 1. The first kappa shape index (κ1) is 17.3. The van der Waals surface area contributed by atoms with Gasteiger partial charge in [0.15, 0.2) is 5.58 Å². The summed E-state index contributed by atoms with van der Waals surface area (Å²) in [6.07, 6.45) is -4.94. The van der Waals surface area contributed by atoms with E-state index in [0.29, 0.717) is 32.5 Å². The predicted octanol–water partition coefficient (Wildman–Crippen LogP) is 5.06. The predicted molar refractivity (Wildman–Crippen MR) is 88.5 cm³/mol.